The van der Waals surface area contributed by atoms with E-state index in [4.69, 9.17) is 23.7 Å². The number of carbonyl (C=O) groups is 4. The average Bonchev–Trinajstić information content (AvgIpc) is 3.79. The van der Waals surface area contributed by atoms with Crippen LogP contribution in [0.2, 0.25) is 0 Å². The second-order valence-electron chi connectivity index (χ2n) is 16.5. The molecule has 2 saturated heterocycles. The fraction of sp³-hybridized carbons (Fsp3) is 0.698. The van der Waals surface area contributed by atoms with E-state index in [1.54, 1.807) is 54.7 Å². The summed E-state index contributed by atoms with van der Waals surface area (Å²) in [6, 6.07) is 1.15. The molecule has 0 radical (unpaired) electrons. The first-order chi connectivity index (χ1) is 28.3. The van der Waals surface area contributed by atoms with Crippen LogP contribution in [0.15, 0.2) is 24.5 Å². The Bertz CT molecular complexity index is 1880. The van der Waals surface area contributed by atoms with Crippen LogP contribution in [0.1, 0.15) is 81.6 Å². The van der Waals surface area contributed by atoms with E-state index in [1.165, 1.54) is 41.9 Å². The van der Waals surface area contributed by atoms with Crippen LogP contribution in [0.4, 0.5) is 9.18 Å². The van der Waals surface area contributed by atoms with Gasteiger partial charge < -0.3 is 33.7 Å². The van der Waals surface area contributed by atoms with Crippen LogP contribution in [-0.4, -0.2) is 141 Å². The lowest BCUT2D eigenvalue weighted by molar-refractivity contribution is -0.265. The zero-order chi connectivity index (χ0) is 44.7. The predicted octanol–water partition coefficient (Wildman–Crippen LogP) is 4.32. The molecule has 0 aromatic carbocycles. The predicted molar refractivity (Wildman–Crippen MR) is 217 cm³/mol. The van der Waals surface area contributed by atoms with Crippen molar-refractivity contribution in [1.29, 1.82) is 0 Å². The Kier molecular flexibility index (Phi) is 16.5. The third kappa shape index (κ3) is 10.4. The Labute approximate surface area is 352 Å². The molecule has 2 unspecified atom stereocenters. The number of aliphatic hydroxyl groups excluding tert-OH is 1. The number of aromatic nitrogens is 4. The molecule has 0 aliphatic carbocycles. The van der Waals surface area contributed by atoms with Gasteiger partial charge in [-0.1, -0.05) is 51.7 Å². The number of aliphatic hydroxyl groups is 1. The number of rotatable bonds is 13. The van der Waals surface area contributed by atoms with Gasteiger partial charge in [0.1, 0.15) is 42.0 Å². The lowest BCUT2D eigenvalue weighted by Gasteiger charge is -2.45. The van der Waals surface area contributed by atoms with E-state index in [0.717, 1.165) is 0 Å². The van der Waals surface area contributed by atoms with Crippen molar-refractivity contribution in [3.8, 4) is 23.2 Å². The monoisotopic (exact) mass is 842 g/mol. The molecule has 0 bridgehead atoms. The maximum Gasteiger partial charge on any atom is 0.411 e. The van der Waals surface area contributed by atoms with E-state index >= 15 is 0 Å². The first-order valence-electron chi connectivity index (χ1n) is 20.7. The number of fused-ring (bicyclic) bond motifs is 1. The fourth-order valence-corrected chi connectivity index (χ4v) is 8.78. The molecule has 1 amide bonds. The Morgan fingerprint density at radius 1 is 1.03 bits per heavy atom. The SMILES string of the molecule is CCO[C@@H](O[C@@H]1[C@@H](C)C(=O)[C@@H](C)C(=O)O[C@H](CC)[C@@]2(C)OC(=O)N(CC#CCn3cc(-c4cc(F)ccn4)nn3)[C@@H]2[C@@H](C)C(=O)[C@H](C)C[C@@]1(C)OC)C(O)C(CC)N(C)C. The van der Waals surface area contributed by atoms with Crippen LogP contribution in [-0.2, 0) is 44.6 Å². The molecule has 4 heterocycles. The van der Waals surface area contributed by atoms with Gasteiger partial charge in [-0.2, -0.15) is 0 Å². The minimum atomic E-state index is -1.52. The largest absolute Gasteiger partial charge is 0.458 e. The van der Waals surface area contributed by atoms with E-state index in [-0.39, 0.29) is 44.4 Å². The molecule has 0 saturated carbocycles. The Balaban J connectivity index is 1.72. The van der Waals surface area contributed by atoms with Crippen molar-refractivity contribution >= 4 is 23.6 Å². The zero-order valence-corrected chi connectivity index (χ0v) is 37.0. The molecule has 60 heavy (non-hydrogen) atoms. The van der Waals surface area contributed by atoms with Crippen molar-refractivity contribution in [3.63, 3.8) is 0 Å². The molecule has 1 N–H and O–H groups in total. The summed E-state index contributed by atoms with van der Waals surface area (Å²) in [6.07, 6.45) is -1.51. The van der Waals surface area contributed by atoms with Crippen LogP contribution >= 0.6 is 0 Å². The van der Waals surface area contributed by atoms with Gasteiger partial charge in [0.15, 0.2) is 17.7 Å². The van der Waals surface area contributed by atoms with Gasteiger partial charge >= 0.3 is 12.1 Å². The highest BCUT2D eigenvalue weighted by molar-refractivity contribution is 6.00. The molecule has 17 heteroatoms. The van der Waals surface area contributed by atoms with Crippen LogP contribution in [0.5, 0.6) is 0 Å². The molecule has 4 rings (SSSR count). The molecule has 16 nitrogen and oxygen atoms in total. The third-order valence-electron chi connectivity index (χ3n) is 12.1. The van der Waals surface area contributed by atoms with Gasteiger partial charge in [0, 0.05) is 49.8 Å². The number of Topliss-reactive ketones (excluding diaryl/α,β-unsaturated/α-hetero) is 2. The number of ketones is 2. The van der Waals surface area contributed by atoms with Crippen LogP contribution in [0.3, 0.4) is 0 Å². The zero-order valence-electron chi connectivity index (χ0n) is 37.0. The number of ether oxygens (including phenoxy) is 5. The first-order valence-corrected chi connectivity index (χ1v) is 20.7. The van der Waals surface area contributed by atoms with Crippen molar-refractivity contribution < 1.29 is 52.4 Å². The van der Waals surface area contributed by atoms with E-state index in [0.29, 0.717) is 17.8 Å². The summed E-state index contributed by atoms with van der Waals surface area (Å²) in [5, 5.41) is 19.7. The molecule has 0 spiro atoms. The topological polar surface area (TPSA) is 185 Å². The molecule has 2 aromatic rings. The van der Waals surface area contributed by atoms with Crippen molar-refractivity contribution in [3.05, 3.63) is 30.3 Å². The lowest BCUT2D eigenvalue weighted by atomic mass is 9.73. The van der Waals surface area contributed by atoms with Gasteiger partial charge in [-0.15, -0.1) is 5.10 Å². The number of halogens is 1. The number of pyridine rings is 1. The summed E-state index contributed by atoms with van der Waals surface area (Å²) < 4.78 is 46.1. The van der Waals surface area contributed by atoms with E-state index in [9.17, 15) is 28.7 Å². The fourth-order valence-electron chi connectivity index (χ4n) is 8.78. The van der Waals surface area contributed by atoms with Crippen molar-refractivity contribution in [2.75, 3.05) is 34.4 Å². The maximum atomic E-state index is 14.7. The molecule has 2 aromatic heterocycles. The Morgan fingerprint density at radius 3 is 2.32 bits per heavy atom. The van der Waals surface area contributed by atoms with Gasteiger partial charge in [-0.05, 0) is 67.1 Å². The van der Waals surface area contributed by atoms with Crippen molar-refractivity contribution in [1.82, 2.24) is 29.8 Å². The summed E-state index contributed by atoms with van der Waals surface area (Å²) in [5.41, 5.74) is -2.19. The smallest absolute Gasteiger partial charge is 0.411 e. The number of carbonyl (C=O) groups excluding carboxylic acids is 4. The van der Waals surface area contributed by atoms with Gasteiger partial charge in [0.25, 0.3) is 0 Å². The maximum absolute atomic E-state index is 14.7. The summed E-state index contributed by atoms with van der Waals surface area (Å²) in [7, 11) is 5.13. The number of likely N-dealkylation sites (N-methyl/N-ethyl adjacent to an activating group) is 1. The normalized spacial score (nSPS) is 30.8. The number of nitrogens with zero attached hydrogens (tertiary/aromatic N) is 6. The van der Waals surface area contributed by atoms with E-state index in [1.807, 2.05) is 25.9 Å². The number of methoxy groups -OCH3 is 1. The van der Waals surface area contributed by atoms with Gasteiger partial charge in [-0.25, -0.2) is 13.9 Å². The molecular formula is C43H63FN6O10. The van der Waals surface area contributed by atoms with Crippen LogP contribution < -0.4 is 0 Å². The highest BCUT2D eigenvalue weighted by Crippen LogP contribution is 2.42. The second kappa shape index (κ2) is 20.5. The van der Waals surface area contributed by atoms with Crippen molar-refractivity contribution in [2.45, 2.75) is 136 Å². The Morgan fingerprint density at radius 2 is 1.72 bits per heavy atom. The highest BCUT2D eigenvalue weighted by atomic mass is 19.1. The first kappa shape index (κ1) is 48.3. The van der Waals surface area contributed by atoms with Crippen molar-refractivity contribution in [2.24, 2.45) is 23.7 Å². The molecule has 2 aliphatic rings. The second-order valence-corrected chi connectivity index (χ2v) is 16.5. The minimum Gasteiger partial charge on any atom is -0.458 e. The number of cyclic esters (lactones) is 1. The number of amides is 1. The summed E-state index contributed by atoms with van der Waals surface area (Å²) in [4.78, 5) is 64.1. The standard InChI is InChI=1S/C43H63FN6O10/c1-13-32(48(10)11)36(53)40(57-15-3)59-38-27(6)35(52)28(7)39(54)58-33(14-2)43(9)37(26(5)34(51)25(4)23-42(38,8)56-12)50(41(55)60-43)21-17-16-20-49-24-31(46-47-49)30-22-29(44)18-19-45-30/h18-19,22,24-28,32-33,36-38,40,53H,13-15,20-21,23H2,1-12H3/t25-,26+,27+,28-,32?,33-,36?,37-,38-,40+,42-,43-/m1/s1. The average molecular weight is 843 g/mol. The highest BCUT2D eigenvalue weighted by Gasteiger charge is 2.60. The van der Waals surface area contributed by atoms with Gasteiger partial charge in [0.2, 0.25) is 0 Å². The van der Waals surface area contributed by atoms with Crippen LogP contribution in [0.25, 0.3) is 11.4 Å². The lowest BCUT2D eigenvalue weighted by Crippen LogP contribution is -2.59. The third-order valence-corrected chi connectivity index (χ3v) is 12.1. The number of hydrogen-bond donors (Lipinski definition) is 1. The number of esters is 1. The minimum absolute atomic E-state index is 0.0634. The summed E-state index contributed by atoms with van der Waals surface area (Å²) >= 11 is 0. The summed E-state index contributed by atoms with van der Waals surface area (Å²) in [5.74, 6) is 0.0351. The Hall–Kier alpha value is -4.34. The summed E-state index contributed by atoms with van der Waals surface area (Å²) in [6.45, 7) is 15.5. The molecule has 12 atom stereocenters. The number of hydrogen-bond acceptors (Lipinski definition) is 14. The molecule has 332 valence electrons. The van der Waals surface area contributed by atoms with Gasteiger partial charge in [0.05, 0.1) is 36.2 Å². The molecular weight excluding hydrogens is 780 g/mol. The van der Waals surface area contributed by atoms with Gasteiger partial charge in [-0.3, -0.25) is 24.3 Å². The van der Waals surface area contributed by atoms with E-state index < -0.39 is 89.2 Å². The quantitative estimate of drug-likeness (QED) is 0.130. The molecule has 2 aliphatic heterocycles. The molecule has 2 fully saturated rings. The van der Waals surface area contributed by atoms with Crippen LogP contribution in [0, 0.1) is 41.3 Å². The van der Waals surface area contributed by atoms with E-state index in [2.05, 4.69) is 27.1 Å².